The summed E-state index contributed by atoms with van der Waals surface area (Å²) in [5, 5.41) is 4.15. The summed E-state index contributed by atoms with van der Waals surface area (Å²) in [5.74, 6) is 0.236. The summed E-state index contributed by atoms with van der Waals surface area (Å²) in [6, 6.07) is 0. The highest BCUT2D eigenvalue weighted by Gasteiger charge is 2.15. The van der Waals surface area contributed by atoms with E-state index in [1.54, 1.807) is 4.68 Å². The second-order valence-electron chi connectivity index (χ2n) is 5.22. The van der Waals surface area contributed by atoms with Crippen molar-refractivity contribution in [3.63, 3.8) is 0 Å². The van der Waals surface area contributed by atoms with Gasteiger partial charge in [0.2, 0.25) is 5.91 Å². The van der Waals surface area contributed by atoms with E-state index in [0.29, 0.717) is 13.0 Å². The average Bonchev–Trinajstić information content (AvgIpc) is 2.82. The molecule has 0 unspecified atom stereocenters. The highest BCUT2D eigenvalue weighted by molar-refractivity contribution is 5.78. The quantitative estimate of drug-likeness (QED) is 0.764. The van der Waals surface area contributed by atoms with Gasteiger partial charge in [-0.25, -0.2) is 0 Å². The zero-order valence-corrected chi connectivity index (χ0v) is 11.9. The molecule has 0 atom stereocenters. The van der Waals surface area contributed by atoms with Crippen molar-refractivity contribution in [3.8, 4) is 0 Å². The predicted molar refractivity (Wildman–Crippen MR) is 75.5 cm³/mol. The number of rotatable bonds is 5. The van der Waals surface area contributed by atoms with Crippen molar-refractivity contribution in [2.24, 2.45) is 7.05 Å². The van der Waals surface area contributed by atoms with Crippen molar-refractivity contribution in [1.82, 2.24) is 14.7 Å². The molecule has 0 N–H and O–H groups in total. The fourth-order valence-electron chi connectivity index (χ4n) is 2.52. The first-order chi connectivity index (χ1) is 9.19. The normalized spacial score (nSPS) is 15.2. The van der Waals surface area contributed by atoms with Gasteiger partial charge in [0.25, 0.3) is 0 Å². The first-order valence-corrected chi connectivity index (χ1v) is 7.12. The van der Waals surface area contributed by atoms with Gasteiger partial charge in [-0.1, -0.05) is 11.6 Å². The van der Waals surface area contributed by atoms with E-state index in [9.17, 15) is 4.79 Å². The van der Waals surface area contributed by atoms with Gasteiger partial charge in [0.1, 0.15) is 0 Å². The van der Waals surface area contributed by atoms with E-state index in [0.717, 1.165) is 24.9 Å². The molecule has 0 radical (unpaired) electrons. The fourth-order valence-corrected chi connectivity index (χ4v) is 2.52. The van der Waals surface area contributed by atoms with Crippen LogP contribution in [0.3, 0.4) is 0 Å². The third-order valence-electron chi connectivity index (χ3n) is 3.63. The molecule has 2 rings (SSSR count). The number of carbonyl (C=O) groups excluding carboxylic acids is 1. The molecule has 104 valence electrons. The van der Waals surface area contributed by atoms with Crippen molar-refractivity contribution in [1.29, 1.82) is 0 Å². The molecule has 0 aromatic carbocycles. The maximum Gasteiger partial charge on any atom is 0.226 e. The number of aromatic nitrogens is 2. The highest BCUT2D eigenvalue weighted by atomic mass is 16.2. The minimum Gasteiger partial charge on any atom is -0.338 e. The third-order valence-corrected chi connectivity index (χ3v) is 3.63. The Kier molecular flexibility index (Phi) is 4.77. The molecule has 4 heteroatoms. The monoisotopic (exact) mass is 261 g/mol. The van der Waals surface area contributed by atoms with E-state index in [4.69, 9.17) is 0 Å². The molecule has 1 heterocycles. The number of aryl methyl sites for hydroxylation is 1. The van der Waals surface area contributed by atoms with Crippen LogP contribution in [0.1, 0.15) is 44.6 Å². The second kappa shape index (κ2) is 6.55. The highest BCUT2D eigenvalue weighted by Crippen LogP contribution is 2.21. The lowest BCUT2D eigenvalue weighted by atomic mass is 9.97. The molecule has 19 heavy (non-hydrogen) atoms. The van der Waals surface area contributed by atoms with Gasteiger partial charge >= 0.3 is 0 Å². The summed E-state index contributed by atoms with van der Waals surface area (Å²) in [7, 11) is 1.90. The smallest absolute Gasteiger partial charge is 0.226 e. The van der Waals surface area contributed by atoms with E-state index < -0.39 is 0 Å². The van der Waals surface area contributed by atoms with Crippen LogP contribution >= 0.6 is 0 Å². The molecule has 0 fully saturated rings. The Morgan fingerprint density at radius 2 is 2.32 bits per heavy atom. The topological polar surface area (TPSA) is 38.1 Å². The Hall–Kier alpha value is -1.58. The first-order valence-electron chi connectivity index (χ1n) is 7.12. The largest absolute Gasteiger partial charge is 0.338 e. The number of nitrogens with zero attached hydrogens (tertiary/aromatic N) is 3. The van der Waals surface area contributed by atoms with Crippen molar-refractivity contribution in [2.45, 2.75) is 45.6 Å². The van der Waals surface area contributed by atoms with Crippen molar-refractivity contribution in [2.75, 3.05) is 6.54 Å². The lowest BCUT2D eigenvalue weighted by Gasteiger charge is -2.22. The number of hydrogen-bond donors (Lipinski definition) is 0. The van der Waals surface area contributed by atoms with Crippen LogP contribution in [0.15, 0.2) is 24.0 Å². The van der Waals surface area contributed by atoms with Gasteiger partial charge in [-0.15, -0.1) is 0 Å². The van der Waals surface area contributed by atoms with Crippen LogP contribution < -0.4 is 0 Å². The van der Waals surface area contributed by atoms with Gasteiger partial charge in [0.15, 0.2) is 0 Å². The Bertz CT molecular complexity index is 462. The second-order valence-corrected chi connectivity index (χ2v) is 5.22. The van der Waals surface area contributed by atoms with E-state index in [1.165, 1.54) is 18.4 Å². The first kappa shape index (κ1) is 13.8. The Balaban J connectivity index is 1.93. The minimum absolute atomic E-state index is 0.236. The van der Waals surface area contributed by atoms with Gasteiger partial charge in [-0.2, -0.15) is 5.10 Å². The maximum atomic E-state index is 12.3. The van der Waals surface area contributed by atoms with E-state index >= 15 is 0 Å². The molecule has 4 nitrogen and oxygen atoms in total. The van der Waals surface area contributed by atoms with Crippen LogP contribution in [0.2, 0.25) is 0 Å². The van der Waals surface area contributed by atoms with Gasteiger partial charge < -0.3 is 4.90 Å². The van der Waals surface area contributed by atoms with Crippen LogP contribution in [0, 0.1) is 0 Å². The Morgan fingerprint density at radius 1 is 1.47 bits per heavy atom. The average molecular weight is 261 g/mol. The molecule has 0 saturated heterocycles. The summed E-state index contributed by atoms with van der Waals surface area (Å²) in [6.07, 6.45) is 11.4. The SMILES string of the molecule is CCN(Cc1cnn(C)c1)C(=O)CC1=CCCCC1. The Labute approximate surface area is 115 Å². The van der Waals surface area contributed by atoms with Gasteiger partial charge in [-0.05, 0) is 32.6 Å². The van der Waals surface area contributed by atoms with Crippen LogP contribution in [0.5, 0.6) is 0 Å². The summed E-state index contributed by atoms with van der Waals surface area (Å²) in [6.45, 7) is 3.45. The maximum absolute atomic E-state index is 12.3. The summed E-state index contributed by atoms with van der Waals surface area (Å²) >= 11 is 0. The third kappa shape index (κ3) is 3.94. The predicted octanol–water partition coefficient (Wildman–Crippen LogP) is 2.66. The lowest BCUT2D eigenvalue weighted by molar-refractivity contribution is -0.130. The number of hydrogen-bond acceptors (Lipinski definition) is 2. The van der Waals surface area contributed by atoms with Crippen LogP contribution in [0.4, 0.5) is 0 Å². The summed E-state index contributed by atoms with van der Waals surface area (Å²) in [5.41, 5.74) is 2.41. The molecule has 0 bridgehead atoms. The van der Waals surface area contributed by atoms with E-state index in [1.807, 2.05) is 31.3 Å². The van der Waals surface area contributed by atoms with Gasteiger partial charge in [0.05, 0.1) is 6.20 Å². The molecule has 0 aliphatic heterocycles. The molecule has 1 aliphatic carbocycles. The zero-order valence-electron chi connectivity index (χ0n) is 11.9. The van der Waals surface area contributed by atoms with Crippen LogP contribution in [-0.2, 0) is 18.4 Å². The summed E-state index contributed by atoms with van der Waals surface area (Å²) < 4.78 is 1.78. The number of carbonyl (C=O) groups is 1. The van der Waals surface area contributed by atoms with Gasteiger partial charge in [-0.3, -0.25) is 9.48 Å². The molecule has 1 amide bonds. The molecule has 0 spiro atoms. The van der Waals surface area contributed by atoms with Crippen LogP contribution in [0.25, 0.3) is 0 Å². The van der Waals surface area contributed by atoms with Gasteiger partial charge in [0, 0.05) is 38.3 Å². The van der Waals surface area contributed by atoms with Crippen LogP contribution in [-0.4, -0.2) is 27.1 Å². The standard InChI is InChI=1S/C15H23N3O/c1-3-18(12-14-10-16-17(2)11-14)15(19)9-13-7-5-4-6-8-13/h7,10-11H,3-6,8-9,12H2,1-2H3. The molecule has 0 saturated carbocycles. The molecule has 1 aliphatic rings. The molecule has 1 aromatic heterocycles. The molecular weight excluding hydrogens is 238 g/mol. The zero-order chi connectivity index (χ0) is 13.7. The van der Waals surface area contributed by atoms with E-state index in [2.05, 4.69) is 11.2 Å². The van der Waals surface area contributed by atoms with Crippen molar-refractivity contribution in [3.05, 3.63) is 29.6 Å². The minimum atomic E-state index is 0.236. The van der Waals surface area contributed by atoms with E-state index in [-0.39, 0.29) is 5.91 Å². The van der Waals surface area contributed by atoms with Crippen molar-refractivity contribution < 1.29 is 4.79 Å². The fraction of sp³-hybridized carbons (Fsp3) is 0.600. The lowest BCUT2D eigenvalue weighted by Crippen LogP contribution is -2.30. The van der Waals surface area contributed by atoms with Crippen molar-refractivity contribution >= 4 is 5.91 Å². The number of allylic oxidation sites excluding steroid dienone is 1. The summed E-state index contributed by atoms with van der Waals surface area (Å²) in [4.78, 5) is 14.2. The Morgan fingerprint density at radius 3 is 2.89 bits per heavy atom. The molecule has 1 aromatic rings. The molecular formula is C15H23N3O. The number of amides is 1.